The number of anilines is 1. The molecule has 1 saturated heterocycles. The van der Waals surface area contributed by atoms with E-state index in [2.05, 4.69) is 52.8 Å². The molecule has 0 spiro atoms. The number of carbonyl (C=O) groups is 1. The average Bonchev–Trinajstić information content (AvgIpc) is 2.67. The zero-order chi connectivity index (χ0) is 18.9. The molecule has 0 aliphatic carbocycles. The van der Waals surface area contributed by atoms with E-state index in [4.69, 9.17) is 0 Å². The van der Waals surface area contributed by atoms with E-state index < -0.39 is 0 Å². The van der Waals surface area contributed by atoms with E-state index in [1.165, 1.54) is 0 Å². The Hall–Kier alpha value is -1.89. The molecule has 1 atom stereocenters. The van der Waals surface area contributed by atoms with Gasteiger partial charge in [-0.15, -0.1) is 0 Å². The summed E-state index contributed by atoms with van der Waals surface area (Å²) < 4.78 is 0. The maximum absolute atomic E-state index is 12.6. The molecule has 1 aliphatic heterocycles. The van der Waals surface area contributed by atoms with E-state index >= 15 is 0 Å². The van der Waals surface area contributed by atoms with Crippen molar-refractivity contribution in [2.45, 2.75) is 40.2 Å². The van der Waals surface area contributed by atoms with Crippen molar-refractivity contribution < 1.29 is 4.79 Å². The smallest absolute Gasteiger partial charge is 0.317 e. The zero-order valence-electron chi connectivity index (χ0n) is 16.7. The highest BCUT2D eigenvalue weighted by atomic mass is 16.2. The van der Waals surface area contributed by atoms with Crippen molar-refractivity contribution in [2.24, 2.45) is 5.92 Å². The summed E-state index contributed by atoms with van der Waals surface area (Å²) in [5, 5.41) is 3.16. The number of aromatic nitrogens is 2. The predicted octanol–water partition coefficient (Wildman–Crippen LogP) is 2.06. The summed E-state index contributed by atoms with van der Waals surface area (Å²) in [6.07, 6.45) is 6.26. The molecule has 1 N–H and O–H groups in total. The van der Waals surface area contributed by atoms with E-state index in [-0.39, 0.29) is 6.03 Å². The highest BCUT2D eigenvalue weighted by Crippen LogP contribution is 2.13. The van der Waals surface area contributed by atoms with Gasteiger partial charge in [0.15, 0.2) is 0 Å². The molecule has 7 heteroatoms. The lowest BCUT2D eigenvalue weighted by atomic mass is 10.0. The van der Waals surface area contributed by atoms with Gasteiger partial charge in [0.25, 0.3) is 0 Å². The molecule has 1 aromatic rings. The molecule has 7 nitrogen and oxygen atoms in total. The summed E-state index contributed by atoms with van der Waals surface area (Å²) in [6, 6.07) is 0.444. The molecule has 0 aromatic carbocycles. The topological polar surface area (TPSA) is 64.6 Å². The van der Waals surface area contributed by atoms with Crippen LogP contribution in [0.2, 0.25) is 0 Å². The van der Waals surface area contributed by atoms with Gasteiger partial charge in [-0.2, -0.15) is 0 Å². The molecule has 146 valence electrons. The molecule has 0 unspecified atom stereocenters. The number of urea groups is 1. The van der Waals surface area contributed by atoms with Gasteiger partial charge in [0, 0.05) is 51.2 Å². The molecule has 2 amide bonds. The Morgan fingerprint density at radius 1 is 1.19 bits per heavy atom. The molecule has 1 aromatic heterocycles. The van der Waals surface area contributed by atoms with Crippen LogP contribution in [-0.4, -0.2) is 77.7 Å². The van der Waals surface area contributed by atoms with E-state index in [1.54, 1.807) is 18.6 Å². The predicted molar refractivity (Wildman–Crippen MR) is 105 cm³/mol. The molecule has 2 heterocycles. The van der Waals surface area contributed by atoms with Crippen LogP contribution >= 0.6 is 0 Å². The Balaban J connectivity index is 1.82. The fraction of sp³-hybridized carbons (Fsp3) is 0.737. The summed E-state index contributed by atoms with van der Waals surface area (Å²) in [4.78, 5) is 27.6. The number of piperazine rings is 1. The van der Waals surface area contributed by atoms with Crippen molar-refractivity contribution in [1.82, 2.24) is 25.1 Å². The van der Waals surface area contributed by atoms with Crippen LogP contribution in [0.15, 0.2) is 18.6 Å². The number of amides is 2. The van der Waals surface area contributed by atoms with Crippen molar-refractivity contribution >= 4 is 11.8 Å². The second kappa shape index (κ2) is 10.3. The molecular weight excluding hydrogens is 328 g/mol. The third-order valence-electron chi connectivity index (χ3n) is 5.00. The van der Waals surface area contributed by atoms with Gasteiger partial charge in [-0.25, -0.2) is 9.78 Å². The van der Waals surface area contributed by atoms with Gasteiger partial charge in [-0.05, 0) is 25.4 Å². The van der Waals surface area contributed by atoms with Crippen LogP contribution in [0.25, 0.3) is 0 Å². The van der Waals surface area contributed by atoms with Crippen molar-refractivity contribution in [1.29, 1.82) is 0 Å². The van der Waals surface area contributed by atoms with Crippen LogP contribution in [0.5, 0.6) is 0 Å². The van der Waals surface area contributed by atoms with E-state index in [9.17, 15) is 4.79 Å². The number of nitrogens with one attached hydrogen (secondary N) is 1. The Morgan fingerprint density at radius 2 is 1.88 bits per heavy atom. The van der Waals surface area contributed by atoms with Crippen LogP contribution in [0.3, 0.4) is 0 Å². The monoisotopic (exact) mass is 362 g/mol. The van der Waals surface area contributed by atoms with Gasteiger partial charge in [0.2, 0.25) is 0 Å². The average molecular weight is 363 g/mol. The van der Waals surface area contributed by atoms with Gasteiger partial charge in [0.1, 0.15) is 5.82 Å². The molecule has 2 rings (SSSR count). The summed E-state index contributed by atoms with van der Waals surface area (Å²) in [5.74, 6) is 1.50. The fourth-order valence-corrected chi connectivity index (χ4v) is 3.56. The van der Waals surface area contributed by atoms with Gasteiger partial charge >= 0.3 is 6.03 Å². The van der Waals surface area contributed by atoms with Crippen molar-refractivity contribution in [3.05, 3.63) is 18.6 Å². The largest absolute Gasteiger partial charge is 0.352 e. The molecular formula is C19H34N6O. The lowest BCUT2D eigenvalue weighted by Gasteiger charge is -2.36. The molecule has 0 radical (unpaired) electrons. The highest BCUT2D eigenvalue weighted by Gasteiger charge is 2.23. The number of likely N-dealkylation sites (N-methyl/N-ethyl adjacent to an activating group) is 1. The Bertz CT molecular complexity index is 526. The fourth-order valence-electron chi connectivity index (χ4n) is 3.56. The normalized spacial score (nSPS) is 16.2. The third kappa shape index (κ3) is 5.83. The Morgan fingerprint density at radius 3 is 2.42 bits per heavy atom. The minimum absolute atomic E-state index is 0.0460. The number of carbonyl (C=O) groups excluding carboxylic acids is 1. The van der Waals surface area contributed by atoms with Crippen LogP contribution in [-0.2, 0) is 0 Å². The summed E-state index contributed by atoms with van der Waals surface area (Å²) in [6.45, 7) is 14.6. The van der Waals surface area contributed by atoms with Crippen molar-refractivity contribution in [2.75, 3.05) is 50.7 Å². The van der Waals surface area contributed by atoms with E-state index in [1.807, 2.05) is 4.90 Å². The maximum Gasteiger partial charge on any atom is 0.317 e. The lowest BCUT2D eigenvalue weighted by Crippen LogP contribution is -2.54. The second-order valence-electron chi connectivity index (χ2n) is 7.23. The van der Waals surface area contributed by atoms with Gasteiger partial charge in [0.05, 0.1) is 6.20 Å². The number of rotatable bonds is 8. The van der Waals surface area contributed by atoms with Crippen molar-refractivity contribution in [3.8, 4) is 0 Å². The minimum atomic E-state index is 0.0460. The van der Waals surface area contributed by atoms with Crippen LogP contribution in [0.1, 0.15) is 34.1 Å². The molecule has 26 heavy (non-hydrogen) atoms. The van der Waals surface area contributed by atoms with E-state index in [0.29, 0.717) is 31.6 Å². The molecule has 0 saturated carbocycles. The highest BCUT2D eigenvalue weighted by molar-refractivity contribution is 5.74. The van der Waals surface area contributed by atoms with Gasteiger partial charge in [-0.1, -0.05) is 27.7 Å². The third-order valence-corrected chi connectivity index (χ3v) is 5.00. The number of nitrogens with zero attached hydrogens (tertiary/aromatic N) is 5. The summed E-state index contributed by atoms with van der Waals surface area (Å²) >= 11 is 0. The number of hydrogen-bond acceptors (Lipinski definition) is 5. The SMILES string of the molecule is CCN(CC)[C@H](CNC(=O)N1CCN(c2cnccn2)CC1)CC(C)C. The first-order chi connectivity index (χ1) is 12.5. The number of hydrogen-bond donors (Lipinski definition) is 1. The van der Waals surface area contributed by atoms with Crippen LogP contribution in [0, 0.1) is 5.92 Å². The lowest BCUT2D eigenvalue weighted by molar-refractivity contribution is 0.169. The Kier molecular flexibility index (Phi) is 8.09. The second-order valence-corrected chi connectivity index (χ2v) is 7.23. The first-order valence-electron chi connectivity index (χ1n) is 9.82. The quantitative estimate of drug-likeness (QED) is 0.767. The minimum Gasteiger partial charge on any atom is -0.352 e. The van der Waals surface area contributed by atoms with Crippen LogP contribution < -0.4 is 10.2 Å². The first-order valence-corrected chi connectivity index (χ1v) is 9.82. The maximum atomic E-state index is 12.6. The first kappa shape index (κ1) is 20.4. The zero-order valence-corrected chi connectivity index (χ0v) is 16.7. The molecule has 1 fully saturated rings. The van der Waals surface area contributed by atoms with Gasteiger partial charge in [-0.3, -0.25) is 9.88 Å². The standard InChI is InChI=1S/C19H34N6O/c1-5-23(6-2)17(13-16(3)4)14-22-19(26)25-11-9-24(10-12-25)18-15-20-7-8-21-18/h7-8,15-17H,5-6,9-14H2,1-4H3,(H,22,26)/t17-/m0/s1. The molecule has 0 bridgehead atoms. The van der Waals surface area contributed by atoms with E-state index in [0.717, 1.165) is 38.4 Å². The summed E-state index contributed by atoms with van der Waals surface area (Å²) in [5.41, 5.74) is 0. The molecule has 1 aliphatic rings. The summed E-state index contributed by atoms with van der Waals surface area (Å²) in [7, 11) is 0. The van der Waals surface area contributed by atoms with Crippen molar-refractivity contribution in [3.63, 3.8) is 0 Å². The Labute approximate surface area is 157 Å². The van der Waals surface area contributed by atoms with Gasteiger partial charge < -0.3 is 15.1 Å². The van der Waals surface area contributed by atoms with Crippen LogP contribution in [0.4, 0.5) is 10.6 Å².